The van der Waals surface area contributed by atoms with Crippen LogP contribution in [0.2, 0.25) is 0 Å². The SMILES string of the molecule is CC1CCN(Cc2ccc(S)cc2)CC1. The van der Waals surface area contributed by atoms with Crippen molar-refractivity contribution < 1.29 is 0 Å². The van der Waals surface area contributed by atoms with Crippen molar-refractivity contribution in [3.8, 4) is 0 Å². The van der Waals surface area contributed by atoms with Gasteiger partial charge in [-0.3, -0.25) is 4.90 Å². The van der Waals surface area contributed by atoms with E-state index in [0.29, 0.717) is 0 Å². The molecule has 0 unspecified atom stereocenters. The molecule has 0 aliphatic carbocycles. The molecule has 1 aromatic rings. The Morgan fingerprint density at radius 2 is 1.80 bits per heavy atom. The molecule has 1 fully saturated rings. The highest BCUT2D eigenvalue weighted by Crippen LogP contribution is 2.18. The third-order valence-electron chi connectivity index (χ3n) is 3.22. The van der Waals surface area contributed by atoms with Gasteiger partial charge in [0, 0.05) is 11.4 Å². The molecule has 0 bridgehead atoms. The highest BCUT2D eigenvalue weighted by atomic mass is 32.1. The lowest BCUT2D eigenvalue weighted by Crippen LogP contribution is -2.32. The van der Waals surface area contributed by atoms with Gasteiger partial charge in [0.2, 0.25) is 0 Å². The number of hydrogen-bond acceptors (Lipinski definition) is 2. The second-order valence-corrected chi connectivity index (χ2v) is 5.14. The quantitative estimate of drug-likeness (QED) is 0.751. The Kier molecular flexibility index (Phi) is 3.71. The molecule has 0 saturated carbocycles. The Morgan fingerprint density at radius 3 is 2.40 bits per heavy atom. The second kappa shape index (κ2) is 5.04. The summed E-state index contributed by atoms with van der Waals surface area (Å²) in [5.41, 5.74) is 1.40. The summed E-state index contributed by atoms with van der Waals surface area (Å²) in [5.74, 6) is 0.918. The van der Waals surface area contributed by atoms with Crippen molar-refractivity contribution in [1.82, 2.24) is 4.90 Å². The van der Waals surface area contributed by atoms with E-state index in [1.807, 2.05) is 0 Å². The maximum absolute atomic E-state index is 4.30. The van der Waals surface area contributed by atoms with Crippen LogP contribution in [-0.4, -0.2) is 18.0 Å². The van der Waals surface area contributed by atoms with Gasteiger partial charge in [0.1, 0.15) is 0 Å². The molecule has 15 heavy (non-hydrogen) atoms. The van der Waals surface area contributed by atoms with Gasteiger partial charge in [-0.1, -0.05) is 19.1 Å². The van der Waals surface area contributed by atoms with Crippen LogP contribution in [0.25, 0.3) is 0 Å². The molecule has 2 heteroatoms. The van der Waals surface area contributed by atoms with Gasteiger partial charge in [0.25, 0.3) is 0 Å². The van der Waals surface area contributed by atoms with Crippen LogP contribution >= 0.6 is 12.6 Å². The second-order valence-electron chi connectivity index (χ2n) is 4.63. The van der Waals surface area contributed by atoms with Crippen LogP contribution < -0.4 is 0 Å². The van der Waals surface area contributed by atoms with Crippen molar-refractivity contribution >= 4 is 12.6 Å². The normalized spacial score (nSPS) is 19.3. The first kappa shape index (κ1) is 11.0. The predicted molar refractivity (Wildman–Crippen MR) is 67.4 cm³/mol. The number of nitrogens with zero attached hydrogens (tertiary/aromatic N) is 1. The molecule has 1 saturated heterocycles. The van der Waals surface area contributed by atoms with Gasteiger partial charge in [-0.2, -0.15) is 0 Å². The fourth-order valence-corrected chi connectivity index (χ4v) is 2.23. The monoisotopic (exact) mass is 221 g/mol. The summed E-state index contributed by atoms with van der Waals surface area (Å²) < 4.78 is 0. The molecule has 1 aromatic carbocycles. The van der Waals surface area contributed by atoms with Crippen LogP contribution in [0.4, 0.5) is 0 Å². The molecule has 0 aromatic heterocycles. The molecule has 0 spiro atoms. The molecule has 82 valence electrons. The van der Waals surface area contributed by atoms with E-state index in [9.17, 15) is 0 Å². The Morgan fingerprint density at radius 1 is 1.20 bits per heavy atom. The van der Waals surface area contributed by atoms with Crippen LogP contribution in [0.15, 0.2) is 29.2 Å². The van der Waals surface area contributed by atoms with Crippen LogP contribution in [0.1, 0.15) is 25.3 Å². The Bertz CT molecular complexity index is 299. The van der Waals surface area contributed by atoms with Gasteiger partial charge in [-0.25, -0.2) is 0 Å². The van der Waals surface area contributed by atoms with Gasteiger partial charge >= 0.3 is 0 Å². The fourth-order valence-electron chi connectivity index (χ4n) is 2.08. The number of hydrogen-bond donors (Lipinski definition) is 1. The topological polar surface area (TPSA) is 3.24 Å². The maximum atomic E-state index is 4.30. The van der Waals surface area contributed by atoms with Gasteiger partial charge in [-0.15, -0.1) is 12.6 Å². The summed E-state index contributed by atoms with van der Waals surface area (Å²) in [6.07, 6.45) is 2.70. The molecule has 1 aliphatic heterocycles. The molecular formula is C13H19NS. The minimum atomic E-state index is 0.918. The van der Waals surface area contributed by atoms with Gasteiger partial charge in [0.05, 0.1) is 0 Å². The zero-order valence-electron chi connectivity index (χ0n) is 9.32. The number of thiol groups is 1. The Balaban J connectivity index is 1.89. The first-order valence-corrected chi connectivity index (χ1v) is 6.19. The molecule has 1 nitrogen and oxygen atoms in total. The summed E-state index contributed by atoms with van der Waals surface area (Å²) in [4.78, 5) is 3.60. The zero-order chi connectivity index (χ0) is 10.7. The average molecular weight is 221 g/mol. The molecule has 2 rings (SSSR count). The zero-order valence-corrected chi connectivity index (χ0v) is 10.2. The number of likely N-dealkylation sites (tertiary alicyclic amines) is 1. The van der Waals surface area contributed by atoms with Crippen molar-refractivity contribution in [2.24, 2.45) is 5.92 Å². The molecule has 1 heterocycles. The van der Waals surface area contributed by atoms with E-state index in [1.165, 1.54) is 31.5 Å². The lowest BCUT2D eigenvalue weighted by molar-refractivity contribution is 0.185. The molecule has 0 amide bonds. The number of benzene rings is 1. The summed E-state index contributed by atoms with van der Waals surface area (Å²) >= 11 is 4.30. The molecule has 1 aliphatic rings. The van der Waals surface area contributed by atoms with Crippen LogP contribution in [0.5, 0.6) is 0 Å². The van der Waals surface area contributed by atoms with Crippen molar-refractivity contribution in [2.45, 2.75) is 31.2 Å². The van der Waals surface area contributed by atoms with E-state index in [2.05, 4.69) is 48.7 Å². The van der Waals surface area contributed by atoms with Crippen molar-refractivity contribution in [2.75, 3.05) is 13.1 Å². The number of rotatable bonds is 2. The van der Waals surface area contributed by atoms with Gasteiger partial charge in [0.15, 0.2) is 0 Å². The number of piperidine rings is 1. The van der Waals surface area contributed by atoms with Crippen molar-refractivity contribution in [3.05, 3.63) is 29.8 Å². The Hall–Kier alpha value is -0.470. The van der Waals surface area contributed by atoms with E-state index in [1.54, 1.807) is 0 Å². The van der Waals surface area contributed by atoms with Crippen LogP contribution in [0.3, 0.4) is 0 Å². The summed E-state index contributed by atoms with van der Waals surface area (Å²) in [6, 6.07) is 8.51. The van der Waals surface area contributed by atoms with Crippen molar-refractivity contribution in [1.29, 1.82) is 0 Å². The average Bonchev–Trinajstić information content (AvgIpc) is 2.25. The third-order valence-corrected chi connectivity index (χ3v) is 3.52. The summed E-state index contributed by atoms with van der Waals surface area (Å²) in [5, 5.41) is 0. The largest absolute Gasteiger partial charge is 0.299 e. The molecule has 0 radical (unpaired) electrons. The van der Waals surface area contributed by atoms with Crippen LogP contribution in [-0.2, 0) is 6.54 Å². The molecule has 0 atom stereocenters. The van der Waals surface area contributed by atoms with Gasteiger partial charge in [-0.05, 0) is 49.5 Å². The van der Waals surface area contributed by atoms with E-state index < -0.39 is 0 Å². The van der Waals surface area contributed by atoms with Crippen LogP contribution in [0, 0.1) is 5.92 Å². The van der Waals surface area contributed by atoms with Crippen molar-refractivity contribution in [3.63, 3.8) is 0 Å². The lowest BCUT2D eigenvalue weighted by Gasteiger charge is -2.30. The molecule has 0 N–H and O–H groups in total. The third kappa shape index (κ3) is 3.25. The minimum Gasteiger partial charge on any atom is -0.299 e. The first-order chi connectivity index (χ1) is 7.24. The van der Waals surface area contributed by atoms with E-state index in [0.717, 1.165) is 17.4 Å². The maximum Gasteiger partial charge on any atom is 0.0233 e. The summed E-state index contributed by atoms with van der Waals surface area (Å²) in [6.45, 7) is 5.96. The van der Waals surface area contributed by atoms with E-state index >= 15 is 0 Å². The molecular weight excluding hydrogens is 202 g/mol. The van der Waals surface area contributed by atoms with Gasteiger partial charge < -0.3 is 0 Å². The fraction of sp³-hybridized carbons (Fsp3) is 0.538. The first-order valence-electron chi connectivity index (χ1n) is 5.74. The summed E-state index contributed by atoms with van der Waals surface area (Å²) in [7, 11) is 0. The van der Waals surface area contributed by atoms with E-state index in [-0.39, 0.29) is 0 Å². The Labute approximate surface area is 97.9 Å². The smallest absolute Gasteiger partial charge is 0.0233 e. The predicted octanol–water partition coefficient (Wildman–Crippen LogP) is 3.21. The standard InChI is InChI=1S/C13H19NS/c1-11-6-8-14(9-7-11)10-12-2-4-13(15)5-3-12/h2-5,11,15H,6-10H2,1H3. The van der Waals surface area contributed by atoms with E-state index in [4.69, 9.17) is 0 Å². The lowest BCUT2D eigenvalue weighted by atomic mass is 9.99. The highest BCUT2D eigenvalue weighted by Gasteiger charge is 2.15. The highest BCUT2D eigenvalue weighted by molar-refractivity contribution is 7.80. The minimum absolute atomic E-state index is 0.918.